The van der Waals surface area contributed by atoms with Gasteiger partial charge < -0.3 is 11.1 Å². The van der Waals surface area contributed by atoms with Crippen molar-refractivity contribution in [1.29, 1.82) is 0 Å². The molecule has 2 aromatic rings. The van der Waals surface area contributed by atoms with Gasteiger partial charge in [-0.25, -0.2) is 4.39 Å². The van der Waals surface area contributed by atoms with E-state index in [1.165, 1.54) is 11.6 Å². The molecule has 3 rings (SSSR count). The molecule has 1 fully saturated rings. The summed E-state index contributed by atoms with van der Waals surface area (Å²) < 4.78 is 13.6. The van der Waals surface area contributed by atoms with Crippen LogP contribution in [0.5, 0.6) is 0 Å². The summed E-state index contributed by atoms with van der Waals surface area (Å²) in [6.45, 7) is 2.40. The van der Waals surface area contributed by atoms with Crippen LogP contribution in [0.1, 0.15) is 11.5 Å². The largest absolute Gasteiger partial charge is 0.330 e. The molecular formula is C19H22FN3O. The zero-order valence-corrected chi connectivity index (χ0v) is 13.5. The fraction of sp³-hybridized carbons (Fsp3) is 0.316. The molecule has 5 heteroatoms. The van der Waals surface area contributed by atoms with Gasteiger partial charge in [-0.15, -0.1) is 0 Å². The van der Waals surface area contributed by atoms with Crippen LogP contribution in [0, 0.1) is 11.7 Å². The zero-order valence-electron chi connectivity index (χ0n) is 13.5. The Morgan fingerprint density at radius 2 is 1.83 bits per heavy atom. The first-order chi connectivity index (χ1) is 11.7. The second-order valence-electron chi connectivity index (χ2n) is 6.24. The molecule has 1 aliphatic heterocycles. The Morgan fingerprint density at radius 3 is 2.54 bits per heavy atom. The van der Waals surface area contributed by atoms with Gasteiger partial charge in [0.1, 0.15) is 5.82 Å². The standard InChI is InChI=1S/C19H22FN3O/c20-17-8-4-5-9-18(17)22-19(24)13-23-11-15(10-21)16(12-23)14-6-2-1-3-7-14/h1-9,15-16H,10-13,21H2,(H,22,24)/t15-,16+/m1/s1. The highest BCUT2D eigenvalue weighted by molar-refractivity contribution is 5.92. The molecule has 4 nitrogen and oxygen atoms in total. The maximum absolute atomic E-state index is 13.6. The summed E-state index contributed by atoms with van der Waals surface area (Å²) >= 11 is 0. The van der Waals surface area contributed by atoms with Gasteiger partial charge in [-0.2, -0.15) is 0 Å². The molecule has 2 atom stereocenters. The molecule has 0 unspecified atom stereocenters. The number of carbonyl (C=O) groups excluding carboxylic acids is 1. The van der Waals surface area contributed by atoms with Crippen LogP contribution in [0.3, 0.4) is 0 Å². The van der Waals surface area contributed by atoms with Gasteiger partial charge in [-0.05, 0) is 30.2 Å². The number of carbonyl (C=O) groups is 1. The third kappa shape index (κ3) is 3.80. The number of likely N-dealkylation sites (tertiary alicyclic amines) is 1. The van der Waals surface area contributed by atoms with Gasteiger partial charge >= 0.3 is 0 Å². The molecule has 1 saturated heterocycles. The Labute approximate surface area is 141 Å². The fourth-order valence-corrected chi connectivity index (χ4v) is 3.36. The highest BCUT2D eigenvalue weighted by atomic mass is 19.1. The molecular weight excluding hydrogens is 305 g/mol. The van der Waals surface area contributed by atoms with Crippen LogP contribution in [0.2, 0.25) is 0 Å². The minimum Gasteiger partial charge on any atom is -0.330 e. The van der Waals surface area contributed by atoms with Crippen LogP contribution in [0.15, 0.2) is 54.6 Å². The van der Waals surface area contributed by atoms with Crippen molar-refractivity contribution >= 4 is 11.6 Å². The van der Waals surface area contributed by atoms with Crippen LogP contribution in [-0.2, 0) is 4.79 Å². The lowest BCUT2D eigenvalue weighted by molar-refractivity contribution is -0.117. The van der Waals surface area contributed by atoms with Gasteiger partial charge in [-0.3, -0.25) is 9.69 Å². The van der Waals surface area contributed by atoms with Crippen molar-refractivity contribution in [2.45, 2.75) is 5.92 Å². The molecule has 0 radical (unpaired) electrons. The Hall–Kier alpha value is -2.24. The van der Waals surface area contributed by atoms with Crippen molar-refractivity contribution in [2.24, 2.45) is 11.7 Å². The van der Waals surface area contributed by atoms with E-state index >= 15 is 0 Å². The first-order valence-corrected chi connectivity index (χ1v) is 8.19. The molecule has 24 heavy (non-hydrogen) atoms. The summed E-state index contributed by atoms with van der Waals surface area (Å²) in [6.07, 6.45) is 0. The Balaban J connectivity index is 1.62. The number of anilines is 1. The minimum absolute atomic E-state index is 0.204. The van der Waals surface area contributed by atoms with Crippen LogP contribution in [0.4, 0.5) is 10.1 Å². The highest BCUT2D eigenvalue weighted by Gasteiger charge is 2.33. The van der Waals surface area contributed by atoms with Crippen molar-refractivity contribution in [1.82, 2.24) is 4.90 Å². The van der Waals surface area contributed by atoms with E-state index in [2.05, 4.69) is 22.3 Å². The predicted octanol–water partition coefficient (Wildman–Crippen LogP) is 2.44. The SMILES string of the molecule is NC[C@@H]1CN(CC(=O)Nc2ccccc2F)C[C@H]1c1ccccc1. The monoisotopic (exact) mass is 327 g/mol. The first kappa shape index (κ1) is 16.6. The molecule has 1 heterocycles. The smallest absolute Gasteiger partial charge is 0.238 e. The van der Waals surface area contributed by atoms with Crippen molar-refractivity contribution in [3.63, 3.8) is 0 Å². The van der Waals surface area contributed by atoms with Gasteiger partial charge in [0.25, 0.3) is 0 Å². The summed E-state index contributed by atoms with van der Waals surface area (Å²) in [6, 6.07) is 16.5. The first-order valence-electron chi connectivity index (χ1n) is 8.19. The zero-order chi connectivity index (χ0) is 16.9. The van der Waals surface area contributed by atoms with E-state index in [1.807, 2.05) is 18.2 Å². The minimum atomic E-state index is -0.422. The lowest BCUT2D eigenvalue weighted by Gasteiger charge is -2.16. The molecule has 0 aromatic heterocycles. The second-order valence-corrected chi connectivity index (χ2v) is 6.24. The molecule has 1 amide bonds. The molecule has 126 valence electrons. The summed E-state index contributed by atoms with van der Waals surface area (Å²) in [4.78, 5) is 14.3. The lowest BCUT2D eigenvalue weighted by atomic mass is 9.89. The number of hydrogen-bond donors (Lipinski definition) is 2. The van der Waals surface area contributed by atoms with E-state index < -0.39 is 5.82 Å². The maximum Gasteiger partial charge on any atom is 0.238 e. The molecule has 0 spiro atoms. The van der Waals surface area contributed by atoms with Crippen molar-refractivity contribution < 1.29 is 9.18 Å². The van der Waals surface area contributed by atoms with E-state index in [0.717, 1.165) is 13.1 Å². The number of hydrogen-bond acceptors (Lipinski definition) is 3. The Bertz CT molecular complexity index is 692. The van der Waals surface area contributed by atoms with Crippen LogP contribution in [-0.4, -0.2) is 37.0 Å². The van der Waals surface area contributed by atoms with E-state index in [1.54, 1.807) is 18.2 Å². The van der Waals surface area contributed by atoms with Crippen molar-refractivity contribution in [3.8, 4) is 0 Å². The average Bonchev–Trinajstić information content (AvgIpc) is 3.00. The summed E-state index contributed by atoms with van der Waals surface area (Å²) in [7, 11) is 0. The summed E-state index contributed by atoms with van der Waals surface area (Å²) in [5.41, 5.74) is 7.39. The van der Waals surface area contributed by atoms with Crippen molar-refractivity contribution in [2.75, 3.05) is 31.5 Å². The number of rotatable bonds is 5. The van der Waals surface area contributed by atoms with Crippen LogP contribution >= 0.6 is 0 Å². The van der Waals surface area contributed by atoms with Crippen LogP contribution < -0.4 is 11.1 Å². The number of benzene rings is 2. The maximum atomic E-state index is 13.6. The number of nitrogens with two attached hydrogens (primary N) is 1. The van der Waals surface area contributed by atoms with Gasteiger partial charge in [0, 0.05) is 19.0 Å². The third-order valence-electron chi connectivity index (χ3n) is 4.56. The van der Waals surface area contributed by atoms with E-state index in [9.17, 15) is 9.18 Å². The fourth-order valence-electron chi connectivity index (χ4n) is 3.36. The summed E-state index contributed by atoms with van der Waals surface area (Å²) in [5, 5.41) is 2.64. The average molecular weight is 327 g/mol. The highest BCUT2D eigenvalue weighted by Crippen LogP contribution is 2.31. The Kier molecular flexibility index (Phi) is 5.23. The quantitative estimate of drug-likeness (QED) is 0.887. The molecule has 0 saturated carbocycles. The normalized spacial score (nSPS) is 20.9. The van der Waals surface area contributed by atoms with E-state index in [-0.39, 0.29) is 18.1 Å². The van der Waals surface area contributed by atoms with Gasteiger partial charge in [0.2, 0.25) is 5.91 Å². The second kappa shape index (κ2) is 7.55. The number of nitrogens with one attached hydrogen (secondary N) is 1. The predicted molar refractivity (Wildman–Crippen MR) is 93.2 cm³/mol. The lowest BCUT2D eigenvalue weighted by Crippen LogP contribution is -2.32. The van der Waals surface area contributed by atoms with Gasteiger partial charge in [0.15, 0.2) is 0 Å². The topological polar surface area (TPSA) is 58.4 Å². The van der Waals surface area contributed by atoms with Gasteiger partial charge in [-0.1, -0.05) is 42.5 Å². The van der Waals surface area contributed by atoms with Gasteiger partial charge in [0.05, 0.1) is 12.2 Å². The number of halogens is 1. The molecule has 3 N–H and O–H groups in total. The van der Waals surface area contributed by atoms with Crippen molar-refractivity contribution in [3.05, 3.63) is 66.0 Å². The van der Waals surface area contributed by atoms with E-state index in [4.69, 9.17) is 5.73 Å². The van der Waals surface area contributed by atoms with Crippen LogP contribution in [0.25, 0.3) is 0 Å². The number of nitrogens with zero attached hydrogens (tertiary/aromatic N) is 1. The number of para-hydroxylation sites is 1. The molecule has 1 aliphatic rings. The third-order valence-corrected chi connectivity index (χ3v) is 4.56. The Morgan fingerprint density at radius 1 is 1.12 bits per heavy atom. The molecule has 0 bridgehead atoms. The van der Waals surface area contributed by atoms with E-state index in [0.29, 0.717) is 18.4 Å². The molecule has 0 aliphatic carbocycles. The molecule has 2 aromatic carbocycles. The number of amides is 1. The summed E-state index contributed by atoms with van der Waals surface area (Å²) in [5.74, 6) is 0.0324.